The lowest BCUT2D eigenvalue weighted by molar-refractivity contribution is -0.133. The van der Waals surface area contributed by atoms with E-state index >= 15 is 8.78 Å². The number of rotatable bonds is 14. The third kappa shape index (κ3) is 7.36. The fourth-order valence-electron chi connectivity index (χ4n) is 5.61. The SMILES string of the molecule is COc1nc2c(Oc3c(F)cc(CC(=O)C4(C(=O)Cc5ccc(F)cc5)CC4)cc3F)ncnc2cc1OCCCN1CCOCC1. The fraction of sp³-hybridized carbons (Fsp3) is 0.382. The molecule has 1 saturated heterocycles. The van der Waals surface area contributed by atoms with E-state index in [4.69, 9.17) is 18.9 Å². The summed E-state index contributed by atoms with van der Waals surface area (Å²) in [6.45, 7) is 4.45. The van der Waals surface area contributed by atoms with E-state index in [2.05, 4.69) is 19.9 Å². The Kier molecular flexibility index (Phi) is 9.64. The van der Waals surface area contributed by atoms with Crippen LogP contribution in [0, 0.1) is 22.9 Å². The van der Waals surface area contributed by atoms with Crippen LogP contribution in [0.2, 0.25) is 0 Å². The number of pyridine rings is 1. The van der Waals surface area contributed by atoms with E-state index in [0.29, 0.717) is 36.3 Å². The Balaban J connectivity index is 1.13. The van der Waals surface area contributed by atoms with E-state index < -0.39 is 34.4 Å². The first kappa shape index (κ1) is 32.3. The van der Waals surface area contributed by atoms with Crippen LogP contribution in [-0.4, -0.2) is 78.0 Å². The molecule has 2 aromatic carbocycles. The zero-order valence-corrected chi connectivity index (χ0v) is 25.8. The predicted molar refractivity (Wildman–Crippen MR) is 163 cm³/mol. The average Bonchev–Trinajstić information content (AvgIpc) is 3.89. The number of hydrogen-bond donors (Lipinski definition) is 0. The second-order valence-corrected chi connectivity index (χ2v) is 11.6. The van der Waals surface area contributed by atoms with Gasteiger partial charge in [-0.1, -0.05) is 12.1 Å². The van der Waals surface area contributed by atoms with Gasteiger partial charge in [-0.2, -0.15) is 4.98 Å². The van der Waals surface area contributed by atoms with Crippen LogP contribution in [-0.2, 0) is 27.2 Å². The fourth-order valence-corrected chi connectivity index (χ4v) is 5.61. The lowest BCUT2D eigenvalue weighted by atomic mass is 9.88. The van der Waals surface area contributed by atoms with Gasteiger partial charge in [0.25, 0.3) is 5.88 Å². The third-order valence-electron chi connectivity index (χ3n) is 8.40. The molecule has 246 valence electrons. The number of morpholine rings is 1. The molecule has 1 aliphatic carbocycles. The van der Waals surface area contributed by atoms with Crippen molar-refractivity contribution in [2.45, 2.75) is 32.1 Å². The topological polar surface area (TPSA) is 113 Å². The van der Waals surface area contributed by atoms with Gasteiger partial charge in [-0.3, -0.25) is 14.5 Å². The summed E-state index contributed by atoms with van der Waals surface area (Å²) in [5, 5.41) is 0. The Morgan fingerprint density at radius 1 is 0.915 bits per heavy atom. The van der Waals surface area contributed by atoms with Crippen LogP contribution in [0.15, 0.2) is 48.8 Å². The predicted octanol–water partition coefficient (Wildman–Crippen LogP) is 5.05. The zero-order chi connectivity index (χ0) is 33.0. The molecule has 1 aliphatic heterocycles. The smallest absolute Gasteiger partial charge is 0.257 e. The van der Waals surface area contributed by atoms with E-state index in [1.54, 1.807) is 6.07 Å². The van der Waals surface area contributed by atoms with Crippen molar-refractivity contribution < 1.29 is 41.7 Å². The molecule has 2 aliphatic rings. The molecule has 47 heavy (non-hydrogen) atoms. The summed E-state index contributed by atoms with van der Waals surface area (Å²) in [6.07, 6.45) is 2.29. The summed E-state index contributed by atoms with van der Waals surface area (Å²) >= 11 is 0. The maximum atomic E-state index is 15.3. The van der Waals surface area contributed by atoms with E-state index in [1.165, 1.54) is 37.7 Å². The number of nitrogens with zero attached hydrogens (tertiary/aromatic N) is 4. The molecular weight excluding hydrogens is 617 g/mol. The van der Waals surface area contributed by atoms with Gasteiger partial charge in [-0.05, 0) is 54.7 Å². The molecule has 1 saturated carbocycles. The van der Waals surface area contributed by atoms with Gasteiger partial charge < -0.3 is 18.9 Å². The van der Waals surface area contributed by atoms with Crippen LogP contribution in [0.5, 0.6) is 23.3 Å². The second-order valence-electron chi connectivity index (χ2n) is 11.6. The summed E-state index contributed by atoms with van der Waals surface area (Å²) in [5.74, 6) is -3.74. The first-order valence-electron chi connectivity index (χ1n) is 15.4. The highest BCUT2D eigenvalue weighted by atomic mass is 19.1. The third-order valence-corrected chi connectivity index (χ3v) is 8.40. The summed E-state index contributed by atoms with van der Waals surface area (Å²) in [7, 11) is 1.42. The number of methoxy groups -OCH3 is 1. The number of benzene rings is 2. The van der Waals surface area contributed by atoms with Crippen LogP contribution >= 0.6 is 0 Å². The largest absolute Gasteiger partial charge is 0.488 e. The lowest BCUT2D eigenvalue weighted by Crippen LogP contribution is -2.37. The van der Waals surface area contributed by atoms with E-state index in [1.807, 2.05) is 0 Å². The second kappa shape index (κ2) is 14.0. The van der Waals surface area contributed by atoms with Crippen molar-refractivity contribution in [2.75, 3.05) is 46.6 Å². The highest BCUT2D eigenvalue weighted by Gasteiger charge is 2.54. The molecule has 0 N–H and O–H groups in total. The van der Waals surface area contributed by atoms with Gasteiger partial charge >= 0.3 is 0 Å². The zero-order valence-electron chi connectivity index (χ0n) is 25.8. The molecule has 6 rings (SSSR count). The summed E-state index contributed by atoms with van der Waals surface area (Å²) < 4.78 is 66.0. The van der Waals surface area contributed by atoms with Crippen molar-refractivity contribution in [3.8, 4) is 23.3 Å². The Morgan fingerprint density at radius 2 is 1.60 bits per heavy atom. The molecule has 0 unspecified atom stereocenters. The van der Waals surface area contributed by atoms with Crippen molar-refractivity contribution >= 4 is 22.6 Å². The molecule has 0 spiro atoms. The molecule has 0 bridgehead atoms. The highest BCUT2D eigenvalue weighted by molar-refractivity contribution is 6.10. The Labute approximate surface area is 268 Å². The molecule has 13 heteroatoms. The van der Waals surface area contributed by atoms with Gasteiger partial charge in [-0.15, -0.1) is 0 Å². The monoisotopic (exact) mass is 650 g/mol. The van der Waals surface area contributed by atoms with Crippen molar-refractivity contribution in [3.05, 3.63) is 77.4 Å². The minimum atomic E-state index is -1.20. The number of halogens is 3. The Hall–Kier alpha value is -4.62. The van der Waals surface area contributed by atoms with Crippen molar-refractivity contribution in [1.29, 1.82) is 0 Å². The normalized spacial score (nSPS) is 15.7. The molecule has 2 aromatic heterocycles. The van der Waals surface area contributed by atoms with E-state index in [9.17, 15) is 14.0 Å². The maximum Gasteiger partial charge on any atom is 0.257 e. The van der Waals surface area contributed by atoms with Gasteiger partial charge in [0, 0.05) is 38.5 Å². The van der Waals surface area contributed by atoms with Crippen LogP contribution in [0.3, 0.4) is 0 Å². The number of ether oxygens (including phenoxy) is 4. The Bertz CT molecular complexity index is 1760. The molecule has 0 atom stereocenters. The van der Waals surface area contributed by atoms with Crippen LogP contribution < -0.4 is 14.2 Å². The summed E-state index contributed by atoms with van der Waals surface area (Å²) in [6, 6.07) is 9.07. The van der Waals surface area contributed by atoms with Crippen LogP contribution in [0.25, 0.3) is 11.0 Å². The number of Topliss-reactive ketones (excluding diaryl/α,β-unsaturated/α-hetero) is 2. The first-order valence-corrected chi connectivity index (χ1v) is 15.4. The minimum Gasteiger partial charge on any atom is -0.488 e. The first-order chi connectivity index (χ1) is 22.8. The molecule has 2 fully saturated rings. The molecule has 0 radical (unpaired) electrons. The highest BCUT2D eigenvalue weighted by Crippen LogP contribution is 2.49. The molecule has 3 heterocycles. The van der Waals surface area contributed by atoms with Crippen molar-refractivity contribution in [3.63, 3.8) is 0 Å². The lowest BCUT2D eigenvalue weighted by Gasteiger charge is -2.26. The maximum absolute atomic E-state index is 15.3. The molecular formula is C34H33F3N4O6. The van der Waals surface area contributed by atoms with E-state index in [0.717, 1.165) is 51.4 Å². The Morgan fingerprint density at radius 3 is 2.26 bits per heavy atom. The van der Waals surface area contributed by atoms with Crippen molar-refractivity contribution in [1.82, 2.24) is 19.9 Å². The minimum absolute atomic E-state index is 0.0320. The number of hydrogen-bond acceptors (Lipinski definition) is 10. The van der Waals surface area contributed by atoms with E-state index in [-0.39, 0.29) is 41.5 Å². The standard InChI is InChI=1S/C34H33F3N4O6/c1-44-32-27(46-12-2-9-41-10-13-45-14-11-41)19-26-30(40-32)33(39-20-38-26)47-31-24(36)15-22(16-25(31)37)18-29(43)34(7-8-34)28(42)17-21-3-5-23(35)6-4-21/h3-6,15-16,19-20H,2,7-14,17-18H2,1H3. The number of aromatic nitrogens is 3. The number of carbonyl (C=O) groups is 2. The van der Waals surface area contributed by atoms with Crippen molar-refractivity contribution in [2.24, 2.45) is 5.41 Å². The van der Waals surface area contributed by atoms with Crippen LogP contribution in [0.1, 0.15) is 30.4 Å². The van der Waals surface area contributed by atoms with Gasteiger partial charge in [0.2, 0.25) is 11.6 Å². The number of ketones is 2. The van der Waals surface area contributed by atoms with Gasteiger partial charge in [0.05, 0.1) is 32.3 Å². The molecule has 0 amide bonds. The quantitative estimate of drug-likeness (QED) is 0.136. The van der Waals surface area contributed by atoms with Crippen LogP contribution in [0.4, 0.5) is 13.2 Å². The summed E-state index contributed by atoms with van der Waals surface area (Å²) in [4.78, 5) is 41.1. The van der Waals surface area contributed by atoms with Gasteiger partial charge in [0.15, 0.2) is 34.5 Å². The molecule has 10 nitrogen and oxygen atoms in total. The average molecular weight is 651 g/mol. The number of carbonyl (C=O) groups excluding carboxylic acids is 2. The molecule has 4 aromatic rings. The summed E-state index contributed by atoms with van der Waals surface area (Å²) in [5.41, 5.74) is -0.157. The number of fused-ring (bicyclic) bond motifs is 1. The van der Waals surface area contributed by atoms with Gasteiger partial charge in [-0.25, -0.2) is 23.1 Å². The van der Waals surface area contributed by atoms with Gasteiger partial charge in [0.1, 0.15) is 17.7 Å².